The molecule has 4 aliphatic rings. The number of hydrogen-bond acceptors (Lipinski definition) is 2. The fraction of sp³-hybridized carbons (Fsp3) is 0.667. The Balaban J connectivity index is 1.76. The topological polar surface area (TPSA) is 34.1 Å². The molecule has 5 unspecified atom stereocenters. The first-order chi connectivity index (χ1) is 10.9. The molecule has 3 saturated carbocycles. The Morgan fingerprint density at radius 2 is 1.83 bits per heavy atom. The second kappa shape index (κ2) is 4.80. The van der Waals surface area contributed by atoms with Gasteiger partial charge in [0.05, 0.1) is 0 Å². The third-order valence-electron chi connectivity index (χ3n) is 7.79. The molecule has 0 aromatic heterocycles. The van der Waals surface area contributed by atoms with E-state index in [-0.39, 0.29) is 22.4 Å². The van der Waals surface area contributed by atoms with Crippen LogP contribution in [-0.4, -0.2) is 11.6 Å². The van der Waals surface area contributed by atoms with E-state index in [0.717, 1.165) is 24.8 Å². The van der Waals surface area contributed by atoms with E-state index in [9.17, 15) is 9.59 Å². The SMILES string of the molecule is C=C=C1CCC2C3CC(=O)C4=CC(=O)CCC4(C)C3CCC12C. The number of allylic oxidation sites excluding steroid dienone is 2. The monoisotopic (exact) mass is 310 g/mol. The van der Waals surface area contributed by atoms with Crippen LogP contribution < -0.4 is 0 Å². The minimum Gasteiger partial charge on any atom is -0.295 e. The van der Waals surface area contributed by atoms with Crippen LogP contribution in [0.15, 0.2) is 29.5 Å². The lowest BCUT2D eigenvalue weighted by Gasteiger charge is -2.56. The summed E-state index contributed by atoms with van der Waals surface area (Å²) in [6.45, 7) is 8.53. The molecule has 4 rings (SSSR count). The van der Waals surface area contributed by atoms with Crippen LogP contribution in [0, 0.1) is 28.6 Å². The molecule has 0 spiro atoms. The fourth-order valence-corrected chi connectivity index (χ4v) is 6.49. The van der Waals surface area contributed by atoms with Gasteiger partial charge in [-0.05, 0) is 72.3 Å². The van der Waals surface area contributed by atoms with Gasteiger partial charge in [0.1, 0.15) is 0 Å². The molecule has 0 aromatic carbocycles. The fourth-order valence-electron chi connectivity index (χ4n) is 6.49. The zero-order valence-electron chi connectivity index (χ0n) is 14.3. The molecule has 0 aromatic rings. The number of ketones is 2. The highest BCUT2D eigenvalue weighted by Gasteiger charge is 2.59. The van der Waals surface area contributed by atoms with Gasteiger partial charge in [0.15, 0.2) is 11.6 Å². The first-order valence-corrected chi connectivity index (χ1v) is 9.08. The van der Waals surface area contributed by atoms with E-state index >= 15 is 0 Å². The van der Waals surface area contributed by atoms with E-state index in [1.165, 1.54) is 18.4 Å². The summed E-state index contributed by atoms with van der Waals surface area (Å²) >= 11 is 0. The van der Waals surface area contributed by atoms with Gasteiger partial charge in [0, 0.05) is 18.4 Å². The Kier molecular flexibility index (Phi) is 3.16. The Hall–Kier alpha value is -1.40. The molecule has 5 atom stereocenters. The van der Waals surface area contributed by atoms with Crippen molar-refractivity contribution in [1.82, 2.24) is 0 Å². The highest BCUT2D eigenvalue weighted by atomic mass is 16.1. The summed E-state index contributed by atoms with van der Waals surface area (Å²) in [6.07, 6.45) is 8.41. The average molecular weight is 310 g/mol. The van der Waals surface area contributed by atoms with Gasteiger partial charge >= 0.3 is 0 Å². The lowest BCUT2D eigenvalue weighted by Crippen LogP contribution is -2.52. The summed E-state index contributed by atoms with van der Waals surface area (Å²) < 4.78 is 0. The third kappa shape index (κ3) is 1.88. The molecule has 2 heteroatoms. The van der Waals surface area contributed by atoms with Gasteiger partial charge in [-0.2, -0.15) is 0 Å². The van der Waals surface area contributed by atoms with Gasteiger partial charge in [0.2, 0.25) is 0 Å². The van der Waals surface area contributed by atoms with E-state index in [1.54, 1.807) is 6.08 Å². The first-order valence-electron chi connectivity index (χ1n) is 9.08. The van der Waals surface area contributed by atoms with Crippen LogP contribution in [0.5, 0.6) is 0 Å². The first kappa shape index (κ1) is 15.1. The van der Waals surface area contributed by atoms with Crippen LogP contribution in [-0.2, 0) is 9.59 Å². The molecule has 3 fully saturated rings. The van der Waals surface area contributed by atoms with Crippen molar-refractivity contribution in [2.75, 3.05) is 0 Å². The van der Waals surface area contributed by atoms with Crippen molar-refractivity contribution in [3.63, 3.8) is 0 Å². The maximum atomic E-state index is 12.8. The summed E-state index contributed by atoms with van der Waals surface area (Å²) in [4.78, 5) is 24.7. The molecule has 0 radical (unpaired) electrons. The average Bonchev–Trinajstić information content (AvgIpc) is 2.86. The smallest absolute Gasteiger partial charge is 0.159 e. The van der Waals surface area contributed by atoms with Crippen molar-refractivity contribution in [2.45, 2.75) is 58.8 Å². The molecule has 0 saturated heterocycles. The zero-order valence-corrected chi connectivity index (χ0v) is 14.3. The molecule has 0 aliphatic heterocycles. The molecule has 0 amide bonds. The van der Waals surface area contributed by atoms with Gasteiger partial charge in [-0.1, -0.05) is 20.4 Å². The molecule has 0 N–H and O–H groups in total. The van der Waals surface area contributed by atoms with Crippen LogP contribution in [0.2, 0.25) is 0 Å². The molecule has 4 aliphatic carbocycles. The largest absolute Gasteiger partial charge is 0.295 e. The molecular weight excluding hydrogens is 284 g/mol. The highest BCUT2D eigenvalue weighted by Crippen LogP contribution is 2.65. The van der Waals surface area contributed by atoms with Crippen LogP contribution >= 0.6 is 0 Å². The maximum Gasteiger partial charge on any atom is 0.159 e. The third-order valence-corrected chi connectivity index (χ3v) is 7.79. The standard InChI is InChI=1S/C21H26O2/c1-4-13-5-6-16-15-12-19(23)18-11-14(22)7-9-21(18,3)17(15)8-10-20(13,16)2/h11,15-17H,1,5-10,12H2,2-3H3. The Morgan fingerprint density at radius 1 is 1.09 bits per heavy atom. The second-order valence-electron chi connectivity index (χ2n) is 8.60. The second-order valence-corrected chi connectivity index (χ2v) is 8.60. The van der Waals surface area contributed by atoms with Crippen molar-refractivity contribution in [3.8, 4) is 0 Å². The number of rotatable bonds is 0. The van der Waals surface area contributed by atoms with E-state index < -0.39 is 0 Å². The van der Waals surface area contributed by atoms with Gasteiger partial charge in [-0.3, -0.25) is 9.59 Å². The van der Waals surface area contributed by atoms with E-state index in [0.29, 0.717) is 30.6 Å². The molecule has 23 heavy (non-hydrogen) atoms. The van der Waals surface area contributed by atoms with Crippen molar-refractivity contribution in [1.29, 1.82) is 0 Å². The van der Waals surface area contributed by atoms with E-state index in [1.807, 2.05) is 0 Å². The molecular formula is C21H26O2. The van der Waals surface area contributed by atoms with E-state index in [2.05, 4.69) is 26.2 Å². The molecule has 2 nitrogen and oxygen atoms in total. The van der Waals surface area contributed by atoms with E-state index in [4.69, 9.17) is 0 Å². The molecule has 122 valence electrons. The van der Waals surface area contributed by atoms with Crippen LogP contribution in [0.3, 0.4) is 0 Å². The van der Waals surface area contributed by atoms with Crippen molar-refractivity contribution in [2.24, 2.45) is 28.6 Å². The molecule has 0 heterocycles. The summed E-state index contributed by atoms with van der Waals surface area (Å²) in [5, 5.41) is 0. The summed E-state index contributed by atoms with van der Waals surface area (Å²) in [7, 11) is 0. The number of Topliss-reactive ketones (excluding diaryl/α,β-unsaturated/α-hetero) is 1. The minimum atomic E-state index is -0.0735. The van der Waals surface area contributed by atoms with Gasteiger partial charge in [-0.25, -0.2) is 0 Å². The lowest BCUT2D eigenvalue weighted by molar-refractivity contribution is -0.129. The summed E-state index contributed by atoms with van der Waals surface area (Å²) in [5.41, 5.74) is 5.57. The summed E-state index contributed by atoms with van der Waals surface area (Å²) in [6, 6.07) is 0. The highest BCUT2D eigenvalue weighted by molar-refractivity contribution is 6.05. The predicted octanol–water partition coefficient (Wildman–Crippen LogP) is 4.41. The Morgan fingerprint density at radius 3 is 2.57 bits per heavy atom. The predicted molar refractivity (Wildman–Crippen MR) is 89.8 cm³/mol. The maximum absolute atomic E-state index is 12.8. The number of hydrogen-bond donors (Lipinski definition) is 0. The number of carbonyl (C=O) groups excluding carboxylic acids is 2. The Labute approximate surface area is 138 Å². The molecule has 0 bridgehead atoms. The number of carbonyl (C=O) groups is 2. The zero-order chi connectivity index (χ0) is 16.4. The number of fused-ring (bicyclic) bond motifs is 5. The summed E-state index contributed by atoms with van der Waals surface area (Å²) in [5.74, 6) is 2.00. The quantitative estimate of drug-likeness (QED) is 0.621. The normalized spacial score (nSPS) is 45.7. The van der Waals surface area contributed by atoms with Crippen LogP contribution in [0.25, 0.3) is 0 Å². The van der Waals surface area contributed by atoms with Crippen LogP contribution in [0.1, 0.15) is 58.8 Å². The Bertz CT molecular complexity index is 678. The van der Waals surface area contributed by atoms with Crippen molar-refractivity contribution < 1.29 is 9.59 Å². The van der Waals surface area contributed by atoms with Crippen LogP contribution in [0.4, 0.5) is 0 Å². The minimum absolute atomic E-state index is 0.0735. The van der Waals surface area contributed by atoms with Crippen molar-refractivity contribution in [3.05, 3.63) is 29.5 Å². The van der Waals surface area contributed by atoms with Gasteiger partial charge in [-0.15, -0.1) is 5.73 Å². The van der Waals surface area contributed by atoms with Gasteiger partial charge < -0.3 is 0 Å². The van der Waals surface area contributed by atoms with Crippen molar-refractivity contribution >= 4 is 11.6 Å². The van der Waals surface area contributed by atoms with Gasteiger partial charge in [0.25, 0.3) is 0 Å². The lowest BCUT2D eigenvalue weighted by atomic mass is 9.47.